The molecule has 9 rings (SSSR count). The van der Waals surface area contributed by atoms with Crippen LogP contribution in [0, 0.1) is 41.5 Å². The monoisotopic (exact) mass is 655 g/mol. The molecule has 0 bridgehead atoms. The summed E-state index contributed by atoms with van der Waals surface area (Å²) < 4.78 is 2.39. The summed E-state index contributed by atoms with van der Waals surface area (Å²) >= 11 is 0. The Morgan fingerprint density at radius 2 is 0.706 bits per heavy atom. The lowest BCUT2D eigenvalue weighted by molar-refractivity contribution is 1.18. The van der Waals surface area contributed by atoms with Crippen molar-refractivity contribution >= 4 is 43.4 Å². The van der Waals surface area contributed by atoms with Crippen LogP contribution in [0.4, 0.5) is 0 Å². The van der Waals surface area contributed by atoms with Crippen LogP contribution in [0.3, 0.4) is 0 Å². The van der Waals surface area contributed by atoms with E-state index in [1.807, 2.05) is 0 Å². The average molecular weight is 656 g/mol. The highest BCUT2D eigenvalue weighted by Gasteiger charge is 2.22. The van der Waals surface area contributed by atoms with Gasteiger partial charge in [-0.15, -0.1) is 0 Å². The number of rotatable bonds is 4. The lowest BCUT2D eigenvalue weighted by atomic mass is 9.80. The molecule has 0 fully saturated rings. The van der Waals surface area contributed by atoms with Crippen LogP contribution in [0.2, 0.25) is 0 Å². The predicted molar refractivity (Wildman–Crippen MR) is 221 cm³/mol. The Balaban J connectivity index is 1.31. The summed E-state index contributed by atoms with van der Waals surface area (Å²) in [5, 5.41) is 7.75. The van der Waals surface area contributed by atoms with Gasteiger partial charge in [-0.05, 0) is 149 Å². The number of benzene rings is 8. The Morgan fingerprint density at radius 1 is 0.314 bits per heavy atom. The molecule has 0 radical (unpaired) electrons. The number of hydrogen-bond acceptors (Lipinski definition) is 0. The van der Waals surface area contributed by atoms with Crippen molar-refractivity contribution in [2.45, 2.75) is 41.5 Å². The maximum atomic E-state index is 2.45. The molecule has 0 N–H and O–H groups in total. The average Bonchev–Trinajstić information content (AvgIpc) is 3.46. The van der Waals surface area contributed by atoms with E-state index in [0.29, 0.717) is 0 Å². The Labute approximate surface area is 300 Å². The van der Waals surface area contributed by atoms with Gasteiger partial charge < -0.3 is 4.57 Å². The second-order valence-electron chi connectivity index (χ2n) is 14.5. The molecule has 0 aliphatic rings. The molecule has 0 aliphatic heterocycles. The van der Waals surface area contributed by atoms with Gasteiger partial charge in [-0.1, -0.05) is 120 Å². The zero-order valence-electron chi connectivity index (χ0n) is 30.2. The smallest absolute Gasteiger partial charge is 0.0541 e. The number of aryl methyl sites for hydroxylation is 6. The first-order valence-corrected chi connectivity index (χ1v) is 18.0. The zero-order valence-corrected chi connectivity index (χ0v) is 30.2. The van der Waals surface area contributed by atoms with E-state index in [9.17, 15) is 0 Å². The van der Waals surface area contributed by atoms with Crippen molar-refractivity contribution in [2.75, 3.05) is 0 Å². The normalized spacial score (nSPS) is 11.7. The van der Waals surface area contributed by atoms with Crippen LogP contribution in [-0.2, 0) is 0 Å². The van der Waals surface area contributed by atoms with Gasteiger partial charge in [-0.2, -0.15) is 0 Å². The van der Waals surface area contributed by atoms with Crippen LogP contribution in [-0.4, -0.2) is 4.57 Å². The fourth-order valence-electron chi connectivity index (χ4n) is 9.05. The summed E-state index contributed by atoms with van der Waals surface area (Å²) in [5.74, 6) is 0. The zero-order chi connectivity index (χ0) is 35.0. The first-order valence-electron chi connectivity index (χ1n) is 18.0. The fourth-order valence-corrected chi connectivity index (χ4v) is 9.05. The van der Waals surface area contributed by atoms with E-state index < -0.39 is 0 Å². The third kappa shape index (κ3) is 4.91. The van der Waals surface area contributed by atoms with Crippen LogP contribution in [0.5, 0.6) is 0 Å². The molecule has 0 atom stereocenters. The summed E-state index contributed by atoms with van der Waals surface area (Å²) in [5.41, 5.74) is 19.3. The minimum absolute atomic E-state index is 1.17. The Kier molecular flexibility index (Phi) is 7.22. The van der Waals surface area contributed by atoms with Crippen LogP contribution < -0.4 is 0 Å². The lowest BCUT2D eigenvalue weighted by Crippen LogP contribution is -1.98. The number of nitrogens with zero attached hydrogens (tertiary/aromatic N) is 1. The minimum Gasteiger partial charge on any atom is -0.309 e. The number of aromatic nitrogens is 1. The summed E-state index contributed by atoms with van der Waals surface area (Å²) in [6.07, 6.45) is 0. The van der Waals surface area contributed by atoms with Gasteiger partial charge in [0, 0.05) is 16.5 Å². The predicted octanol–water partition coefficient (Wildman–Crippen LogP) is 13.9. The van der Waals surface area contributed by atoms with Crippen molar-refractivity contribution < 1.29 is 0 Å². The summed E-state index contributed by atoms with van der Waals surface area (Å²) in [6, 6.07) is 52.1. The Morgan fingerprint density at radius 3 is 1.20 bits per heavy atom. The molecule has 0 aliphatic carbocycles. The quantitative estimate of drug-likeness (QED) is 0.166. The van der Waals surface area contributed by atoms with Gasteiger partial charge in [0.25, 0.3) is 0 Å². The summed E-state index contributed by atoms with van der Waals surface area (Å²) in [7, 11) is 0. The van der Waals surface area contributed by atoms with Gasteiger partial charge in [0.05, 0.1) is 11.0 Å². The molecular weight excluding hydrogens is 615 g/mol. The second-order valence-corrected chi connectivity index (χ2v) is 14.5. The topological polar surface area (TPSA) is 4.93 Å². The fraction of sp³-hybridized carbons (Fsp3) is 0.120. The Bertz CT molecular complexity index is 2750. The van der Waals surface area contributed by atoms with Gasteiger partial charge in [0.2, 0.25) is 0 Å². The van der Waals surface area contributed by atoms with Crippen molar-refractivity contribution in [2.24, 2.45) is 0 Å². The highest BCUT2D eigenvalue weighted by atomic mass is 15.0. The van der Waals surface area contributed by atoms with Gasteiger partial charge in [-0.25, -0.2) is 0 Å². The van der Waals surface area contributed by atoms with Crippen LogP contribution in [0.1, 0.15) is 33.4 Å². The SMILES string of the molecule is Cc1cc(C)c(-c2c3ccccc3c(-c3c(C)cc(C)cc3C)c3cc(-c4ccc(-n5c6ccccc6c6ccccc65)cc4)ccc23)c(C)c1. The van der Waals surface area contributed by atoms with E-state index in [-0.39, 0.29) is 0 Å². The van der Waals surface area contributed by atoms with Crippen molar-refractivity contribution in [3.05, 3.63) is 173 Å². The van der Waals surface area contributed by atoms with E-state index in [1.54, 1.807) is 0 Å². The van der Waals surface area contributed by atoms with Crippen LogP contribution in [0.25, 0.3) is 82.4 Å². The Hall–Kier alpha value is -5.92. The van der Waals surface area contributed by atoms with Crippen molar-refractivity contribution in [1.82, 2.24) is 4.57 Å². The van der Waals surface area contributed by atoms with Gasteiger partial charge in [0.1, 0.15) is 0 Å². The maximum Gasteiger partial charge on any atom is 0.0541 e. The van der Waals surface area contributed by atoms with Crippen molar-refractivity contribution in [3.63, 3.8) is 0 Å². The van der Waals surface area contributed by atoms with E-state index in [1.165, 1.54) is 116 Å². The standard InChI is InChI=1S/C50H41N/c1-30-25-32(3)47(33(4)26-30)49-41-15-7-8-16-42(41)50(48-34(5)27-31(2)28-35(48)6)44-29-37(21-24-43(44)49)36-19-22-38(23-20-36)51-45-17-11-9-13-39(45)40-14-10-12-18-46(40)51/h7-29H,1-6H3. The molecule has 1 aromatic heterocycles. The van der Waals surface area contributed by atoms with Crippen molar-refractivity contribution in [3.8, 4) is 39.1 Å². The molecule has 0 unspecified atom stereocenters. The molecule has 8 aromatic carbocycles. The molecule has 0 saturated carbocycles. The van der Waals surface area contributed by atoms with E-state index in [4.69, 9.17) is 0 Å². The van der Waals surface area contributed by atoms with Crippen LogP contribution >= 0.6 is 0 Å². The minimum atomic E-state index is 1.17. The highest BCUT2D eigenvalue weighted by Crippen LogP contribution is 2.48. The highest BCUT2D eigenvalue weighted by molar-refractivity contribution is 6.23. The van der Waals surface area contributed by atoms with Gasteiger partial charge in [0.15, 0.2) is 0 Å². The number of para-hydroxylation sites is 2. The molecule has 9 aromatic rings. The molecule has 0 saturated heterocycles. The molecule has 1 heteroatoms. The van der Waals surface area contributed by atoms with Gasteiger partial charge in [-0.3, -0.25) is 0 Å². The first kappa shape index (κ1) is 31.1. The third-order valence-electron chi connectivity index (χ3n) is 10.9. The summed E-state index contributed by atoms with van der Waals surface area (Å²) in [6.45, 7) is 13.5. The molecule has 51 heavy (non-hydrogen) atoms. The third-order valence-corrected chi connectivity index (χ3v) is 10.9. The van der Waals surface area contributed by atoms with Gasteiger partial charge >= 0.3 is 0 Å². The van der Waals surface area contributed by atoms with Crippen molar-refractivity contribution in [1.29, 1.82) is 0 Å². The molecule has 1 heterocycles. The number of hydrogen-bond donors (Lipinski definition) is 0. The molecule has 246 valence electrons. The van der Waals surface area contributed by atoms with E-state index >= 15 is 0 Å². The summed E-state index contributed by atoms with van der Waals surface area (Å²) in [4.78, 5) is 0. The largest absolute Gasteiger partial charge is 0.309 e. The molecule has 1 nitrogen and oxygen atoms in total. The van der Waals surface area contributed by atoms with E-state index in [0.717, 1.165) is 0 Å². The molecule has 0 amide bonds. The van der Waals surface area contributed by atoms with E-state index in [2.05, 4.69) is 186 Å². The molecular formula is C50H41N. The van der Waals surface area contributed by atoms with Crippen LogP contribution in [0.15, 0.2) is 140 Å². The lowest BCUT2D eigenvalue weighted by Gasteiger charge is -2.23. The first-order chi connectivity index (χ1) is 24.8. The second kappa shape index (κ2) is 11.9. The molecule has 0 spiro atoms. The maximum absolute atomic E-state index is 2.45. The number of fused-ring (bicyclic) bond motifs is 5.